The van der Waals surface area contributed by atoms with Gasteiger partial charge in [0.05, 0.1) is 27.8 Å². The highest BCUT2D eigenvalue weighted by Gasteiger charge is 2.25. The molecule has 15 aromatic rings. The molecule has 4 heterocycles. The van der Waals surface area contributed by atoms with E-state index in [9.17, 15) is 0 Å². The lowest BCUT2D eigenvalue weighted by Gasteiger charge is -2.16. The molecule has 0 aliphatic rings. The van der Waals surface area contributed by atoms with Gasteiger partial charge in [0.25, 0.3) is 0 Å². The average Bonchev–Trinajstić information content (AvgIpc) is 4.07. The van der Waals surface area contributed by atoms with Gasteiger partial charge in [-0.15, -0.1) is 11.3 Å². The van der Waals surface area contributed by atoms with Gasteiger partial charge in [0.2, 0.25) is 0 Å². The van der Waals surface area contributed by atoms with Gasteiger partial charge in [-0.2, -0.15) is 0 Å². The summed E-state index contributed by atoms with van der Waals surface area (Å²) < 4.78 is 7.29. The van der Waals surface area contributed by atoms with E-state index in [2.05, 4.69) is 228 Å². The third-order valence-corrected chi connectivity index (χ3v) is 15.3. The number of benzene rings is 11. The zero-order valence-corrected chi connectivity index (χ0v) is 37.8. The summed E-state index contributed by atoms with van der Waals surface area (Å²) >= 11 is 1.84. The van der Waals surface area contributed by atoms with Crippen LogP contribution in [-0.2, 0) is 0 Å². The quantitative estimate of drug-likeness (QED) is 0.173. The Kier molecular flexibility index (Phi) is 8.17. The molecule has 5 nitrogen and oxygen atoms in total. The largest absolute Gasteiger partial charge is 0.309 e. The Morgan fingerprint density at radius 2 is 0.942 bits per heavy atom. The number of rotatable bonds is 5. The van der Waals surface area contributed by atoms with Crippen molar-refractivity contribution in [2.24, 2.45) is 0 Å². The van der Waals surface area contributed by atoms with E-state index in [0.717, 1.165) is 60.9 Å². The third-order valence-electron chi connectivity index (χ3n) is 14.1. The van der Waals surface area contributed by atoms with Crippen LogP contribution in [0.15, 0.2) is 224 Å². The Bertz CT molecular complexity index is 4600. The first-order chi connectivity index (χ1) is 34.2. The molecule has 0 aliphatic carbocycles. The minimum atomic E-state index is 0.609. The van der Waals surface area contributed by atoms with Gasteiger partial charge >= 0.3 is 0 Å². The number of aromatic nitrogens is 5. The van der Waals surface area contributed by atoms with Crippen LogP contribution in [0.25, 0.3) is 142 Å². The maximum absolute atomic E-state index is 5.65. The Balaban J connectivity index is 1.10. The summed E-state index contributed by atoms with van der Waals surface area (Å²) in [5.41, 5.74) is 9.41. The van der Waals surface area contributed by atoms with E-state index in [1.165, 1.54) is 63.3 Å². The SMILES string of the molecule is c1ccc(-c2nc(-c3cc4sc5c6ccccc6ccc5c4cc3-n3c4cc5ccccc5cc4c4ccc5ccccc5c43)nc(-c3cccc4c3c3ccccc3n4-c3ccccc3)n2)cc1. The molecule has 69 heavy (non-hydrogen) atoms. The topological polar surface area (TPSA) is 48.5 Å². The first-order valence-corrected chi connectivity index (χ1v) is 24.2. The highest BCUT2D eigenvalue weighted by atomic mass is 32.1. The first-order valence-electron chi connectivity index (χ1n) is 23.3. The van der Waals surface area contributed by atoms with E-state index in [1.807, 2.05) is 17.4 Å². The van der Waals surface area contributed by atoms with Crippen LogP contribution < -0.4 is 0 Å². The van der Waals surface area contributed by atoms with E-state index in [0.29, 0.717) is 17.5 Å². The van der Waals surface area contributed by atoms with Crippen molar-refractivity contribution in [2.45, 2.75) is 0 Å². The molecule has 0 N–H and O–H groups in total. The van der Waals surface area contributed by atoms with Crippen LogP contribution in [-0.4, -0.2) is 24.1 Å². The van der Waals surface area contributed by atoms with Gasteiger partial charge in [-0.1, -0.05) is 176 Å². The monoisotopic (exact) mass is 895 g/mol. The number of nitrogens with zero attached hydrogens (tertiary/aromatic N) is 5. The van der Waals surface area contributed by atoms with Crippen LogP contribution in [0.1, 0.15) is 0 Å². The number of thiophene rings is 1. The zero-order chi connectivity index (χ0) is 45.2. The standard InChI is InChI=1S/C63H37N5S/c1-3-18-40(19-4-1)61-64-62(49-27-15-29-54-58(49)48-26-13-14-28-53(48)67(54)43-22-5-2-6-23-43)66-63(65-61)52-37-57-51(47-33-31-39-17-10-12-25-45(39)60(47)69-57)36-56(52)68-55-35-42-21-8-7-20-41(42)34-50(55)46-32-30-38-16-9-11-24-44(38)59(46)68/h1-37H. The van der Waals surface area contributed by atoms with Gasteiger partial charge in [0, 0.05) is 69.5 Å². The fourth-order valence-corrected chi connectivity index (χ4v) is 12.3. The maximum Gasteiger partial charge on any atom is 0.166 e. The lowest BCUT2D eigenvalue weighted by Crippen LogP contribution is -2.04. The number of hydrogen-bond acceptors (Lipinski definition) is 4. The molecule has 0 saturated heterocycles. The molecule has 0 fully saturated rings. The molecule has 320 valence electrons. The molecular weight excluding hydrogens is 859 g/mol. The van der Waals surface area contributed by atoms with Crippen molar-refractivity contribution in [1.29, 1.82) is 0 Å². The first kappa shape index (κ1) is 38.2. The number of fused-ring (bicyclic) bond motifs is 14. The molecule has 15 rings (SSSR count). The van der Waals surface area contributed by atoms with Crippen LogP contribution in [0.2, 0.25) is 0 Å². The predicted molar refractivity (Wildman–Crippen MR) is 290 cm³/mol. The number of hydrogen-bond donors (Lipinski definition) is 0. The van der Waals surface area contributed by atoms with Crippen molar-refractivity contribution in [3.05, 3.63) is 224 Å². The van der Waals surface area contributed by atoms with E-state index < -0.39 is 0 Å². The molecule has 0 unspecified atom stereocenters. The normalized spacial score (nSPS) is 12.1. The van der Waals surface area contributed by atoms with Gasteiger partial charge in [0.15, 0.2) is 17.5 Å². The van der Waals surface area contributed by atoms with Crippen LogP contribution in [0.5, 0.6) is 0 Å². The van der Waals surface area contributed by atoms with E-state index in [1.54, 1.807) is 0 Å². The van der Waals surface area contributed by atoms with Crippen molar-refractivity contribution in [1.82, 2.24) is 24.1 Å². The highest BCUT2D eigenvalue weighted by molar-refractivity contribution is 7.26. The van der Waals surface area contributed by atoms with Crippen LogP contribution in [0.4, 0.5) is 0 Å². The average molecular weight is 896 g/mol. The second kappa shape index (κ2) is 14.8. The lowest BCUT2D eigenvalue weighted by molar-refractivity contribution is 1.07. The molecule has 4 aromatic heterocycles. The Labute approximate surface area is 399 Å². The summed E-state index contributed by atoms with van der Waals surface area (Å²) in [5, 5.41) is 14.3. The third kappa shape index (κ3) is 5.73. The summed E-state index contributed by atoms with van der Waals surface area (Å²) in [6.45, 7) is 0. The molecule has 0 saturated carbocycles. The number of para-hydroxylation sites is 2. The lowest BCUT2D eigenvalue weighted by atomic mass is 10.0. The van der Waals surface area contributed by atoms with E-state index >= 15 is 0 Å². The molecule has 0 atom stereocenters. The van der Waals surface area contributed by atoms with Gasteiger partial charge in [-0.3, -0.25) is 0 Å². The van der Waals surface area contributed by atoms with Gasteiger partial charge in [-0.25, -0.2) is 15.0 Å². The summed E-state index contributed by atoms with van der Waals surface area (Å²) in [5.74, 6) is 1.84. The van der Waals surface area contributed by atoms with Gasteiger partial charge in [0.1, 0.15) is 0 Å². The summed E-state index contributed by atoms with van der Waals surface area (Å²) in [7, 11) is 0. The van der Waals surface area contributed by atoms with Crippen LogP contribution >= 0.6 is 11.3 Å². The molecule has 11 aromatic carbocycles. The fourth-order valence-electron chi connectivity index (χ4n) is 11.0. The molecular formula is C63H37N5S. The minimum absolute atomic E-state index is 0.609. The van der Waals surface area contributed by atoms with E-state index in [4.69, 9.17) is 15.0 Å². The molecule has 0 radical (unpaired) electrons. The fraction of sp³-hybridized carbons (Fsp3) is 0. The second-order valence-corrected chi connectivity index (χ2v) is 19.0. The summed E-state index contributed by atoms with van der Waals surface area (Å²) in [4.78, 5) is 16.6. The Morgan fingerprint density at radius 1 is 0.333 bits per heavy atom. The van der Waals surface area contributed by atoms with Crippen molar-refractivity contribution in [3.8, 4) is 45.5 Å². The van der Waals surface area contributed by atoms with Crippen molar-refractivity contribution < 1.29 is 0 Å². The minimum Gasteiger partial charge on any atom is -0.309 e. The van der Waals surface area contributed by atoms with E-state index in [-0.39, 0.29) is 0 Å². The van der Waals surface area contributed by atoms with Crippen LogP contribution in [0, 0.1) is 0 Å². The molecule has 6 heteroatoms. The smallest absolute Gasteiger partial charge is 0.166 e. The Morgan fingerprint density at radius 3 is 1.74 bits per heavy atom. The van der Waals surface area contributed by atoms with Crippen molar-refractivity contribution >= 4 is 107 Å². The maximum atomic E-state index is 5.65. The van der Waals surface area contributed by atoms with Gasteiger partial charge < -0.3 is 9.13 Å². The van der Waals surface area contributed by atoms with Crippen molar-refractivity contribution in [3.63, 3.8) is 0 Å². The molecule has 0 spiro atoms. The Hall–Kier alpha value is -8.97. The molecule has 0 aliphatic heterocycles. The van der Waals surface area contributed by atoms with Gasteiger partial charge in [-0.05, 0) is 75.5 Å². The zero-order valence-electron chi connectivity index (χ0n) is 37.0. The van der Waals surface area contributed by atoms with Crippen LogP contribution in [0.3, 0.4) is 0 Å². The molecule has 0 amide bonds. The summed E-state index contributed by atoms with van der Waals surface area (Å²) in [6, 6.07) is 80.9. The second-order valence-electron chi connectivity index (χ2n) is 17.9. The summed E-state index contributed by atoms with van der Waals surface area (Å²) in [6.07, 6.45) is 0. The molecule has 0 bridgehead atoms. The highest BCUT2D eigenvalue weighted by Crippen LogP contribution is 2.46. The van der Waals surface area contributed by atoms with Crippen molar-refractivity contribution in [2.75, 3.05) is 0 Å². The predicted octanol–water partition coefficient (Wildman–Crippen LogP) is 16.9.